The topological polar surface area (TPSA) is 73.6 Å². The Morgan fingerprint density at radius 3 is 2.63 bits per heavy atom. The minimum absolute atomic E-state index is 0.0661. The smallest absolute Gasteiger partial charge is 0.339 e. The van der Waals surface area contributed by atoms with Crippen LogP contribution in [0.25, 0.3) is 0 Å². The lowest BCUT2D eigenvalue weighted by atomic mass is 10.2. The number of para-hydroxylation sites is 1. The third-order valence-electron chi connectivity index (χ3n) is 4.69. The van der Waals surface area contributed by atoms with E-state index < -0.39 is 5.97 Å². The fourth-order valence-electron chi connectivity index (χ4n) is 3.05. The zero-order valence-electron chi connectivity index (χ0n) is 16.6. The normalized spacial score (nSPS) is 13.1. The van der Waals surface area contributed by atoms with E-state index in [4.69, 9.17) is 21.7 Å². The summed E-state index contributed by atoms with van der Waals surface area (Å²) in [5.41, 5.74) is 2.97. The first-order chi connectivity index (χ1) is 14.5. The highest BCUT2D eigenvalue weighted by molar-refractivity contribution is 6.31. The first-order valence-corrected chi connectivity index (χ1v) is 9.92. The zero-order chi connectivity index (χ0) is 21.5. The molecular weight excluding hydrogens is 400 g/mol. The predicted molar refractivity (Wildman–Crippen MR) is 119 cm³/mol. The molecule has 0 aromatic heterocycles. The first kappa shape index (κ1) is 21.4. The lowest BCUT2D eigenvalue weighted by Crippen LogP contribution is -2.33. The van der Waals surface area contributed by atoms with Gasteiger partial charge in [0.2, 0.25) is 0 Å². The SMILES string of the molecule is CC1=CCC=C(N(Cc2ccccc2Cl)C(=N)COc2ccccc2C(=O)O)C=C1. The number of benzene rings is 2. The van der Waals surface area contributed by atoms with E-state index in [9.17, 15) is 9.90 Å². The van der Waals surface area contributed by atoms with Gasteiger partial charge in [-0.15, -0.1) is 0 Å². The second kappa shape index (κ2) is 9.94. The van der Waals surface area contributed by atoms with E-state index in [1.54, 1.807) is 18.2 Å². The Hall–Kier alpha value is -3.31. The van der Waals surface area contributed by atoms with Crippen molar-refractivity contribution >= 4 is 23.4 Å². The number of hydrogen-bond acceptors (Lipinski definition) is 3. The first-order valence-electron chi connectivity index (χ1n) is 9.54. The lowest BCUT2D eigenvalue weighted by Gasteiger charge is -2.27. The Kier molecular flexibility index (Phi) is 7.09. The second-order valence-corrected chi connectivity index (χ2v) is 7.27. The number of carboxylic acids is 1. The van der Waals surface area contributed by atoms with Gasteiger partial charge < -0.3 is 14.7 Å². The van der Waals surface area contributed by atoms with Crippen molar-refractivity contribution in [1.82, 2.24) is 4.90 Å². The number of nitrogens with zero attached hydrogens (tertiary/aromatic N) is 1. The molecule has 0 unspecified atom stereocenters. The molecule has 0 aliphatic heterocycles. The van der Waals surface area contributed by atoms with Crippen molar-refractivity contribution < 1.29 is 14.6 Å². The van der Waals surface area contributed by atoms with Gasteiger partial charge in [0.1, 0.15) is 23.8 Å². The van der Waals surface area contributed by atoms with Gasteiger partial charge in [-0.2, -0.15) is 0 Å². The number of aromatic carboxylic acids is 1. The maximum absolute atomic E-state index is 11.4. The highest BCUT2D eigenvalue weighted by Gasteiger charge is 2.18. The Balaban J connectivity index is 1.83. The Morgan fingerprint density at radius 1 is 1.13 bits per heavy atom. The van der Waals surface area contributed by atoms with Crippen molar-refractivity contribution in [3.63, 3.8) is 0 Å². The average molecular weight is 423 g/mol. The summed E-state index contributed by atoms with van der Waals surface area (Å²) in [6, 6.07) is 13.9. The Bertz CT molecular complexity index is 1040. The number of ether oxygens (including phenoxy) is 1. The van der Waals surface area contributed by atoms with Crippen LogP contribution in [0.3, 0.4) is 0 Å². The zero-order valence-corrected chi connectivity index (χ0v) is 17.4. The van der Waals surface area contributed by atoms with Crippen LogP contribution in [0.15, 0.2) is 84.1 Å². The number of amidine groups is 1. The van der Waals surface area contributed by atoms with E-state index in [0.717, 1.165) is 23.3 Å². The fourth-order valence-corrected chi connectivity index (χ4v) is 3.25. The molecule has 0 saturated carbocycles. The number of nitrogens with one attached hydrogen (secondary N) is 1. The van der Waals surface area contributed by atoms with E-state index in [1.807, 2.05) is 54.3 Å². The largest absolute Gasteiger partial charge is 0.485 e. The lowest BCUT2D eigenvalue weighted by molar-refractivity contribution is 0.0693. The molecule has 0 saturated heterocycles. The standard InChI is InChI=1S/C24H23ClN2O3/c1-17-7-6-9-19(14-13-17)27(15-18-8-2-4-11-21(18)25)23(26)16-30-22-12-5-3-10-20(22)24(28)29/h2-5,7-14,26H,6,15-16H2,1H3,(H,28,29). The monoisotopic (exact) mass is 422 g/mol. The minimum Gasteiger partial charge on any atom is -0.485 e. The second-order valence-electron chi connectivity index (χ2n) is 6.86. The summed E-state index contributed by atoms with van der Waals surface area (Å²) >= 11 is 6.35. The van der Waals surface area contributed by atoms with Crippen LogP contribution in [0, 0.1) is 5.41 Å². The van der Waals surface area contributed by atoms with Gasteiger partial charge >= 0.3 is 5.97 Å². The molecule has 5 nitrogen and oxygen atoms in total. The Labute approximate surface area is 181 Å². The highest BCUT2D eigenvalue weighted by atomic mass is 35.5. The van der Waals surface area contributed by atoms with Gasteiger partial charge in [-0.25, -0.2) is 4.79 Å². The van der Waals surface area contributed by atoms with Crippen molar-refractivity contribution in [3.05, 3.63) is 100 Å². The molecule has 2 aromatic rings. The molecule has 0 spiro atoms. The molecule has 1 aliphatic rings. The molecule has 0 heterocycles. The van der Waals surface area contributed by atoms with Gasteiger partial charge in [-0.05, 0) is 43.2 Å². The van der Waals surface area contributed by atoms with Gasteiger partial charge in [-0.1, -0.05) is 65.7 Å². The third-order valence-corrected chi connectivity index (χ3v) is 5.06. The van der Waals surface area contributed by atoms with Crippen LogP contribution >= 0.6 is 11.6 Å². The van der Waals surface area contributed by atoms with Crippen molar-refractivity contribution in [2.75, 3.05) is 6.61 Å². The van der Waals surface area contributed by atoms with Crippen LogP contribution in [-0.2, 0) is 6.54 Å². The van der Waals surface area contributed by atoms with Crippen LogP contribution in [0.1, 0.15) is 29.3 Å². The number of rotatable bonds is 7. The van der Waals surface area contributed by atoms with Crippen molar-refractivity contribution in [2.24, 2.45) is 0 Å². The number of halogens is 1. The molecule has 3 rings (SSSR count). The summed E-state index contributed by atoms with van der Waals surface area (Å²) in [7, 11) is 0. The van der Waals surface area contributed by atoms with Crippen molar-refractivity contribution in [2.45, 2.75) is 19.9 Å². The van der Waals surface area contributed by atoms with E-state index in [2.05, 4.69) is 6.08 Å². The molecule has 30 heavy (non-hydrogen) atoms. The summed E-state index contributed by atoms with van der Waals surface area (Å²) in [5.74, 6) is -0.637. The third kappa shape index (κ3) is 5.39. The van der Waals surface area contributed by atoms with Crippen LogP contribution in [-0.4, -0.2) is 28.4 Å². The predicted octanol–water partition coefficient (Wildman–Crippen LogP) is 5.69. The molecular formula is C24H23ClN2O3. The van der Waals surface area contributed by atoms with Gasteiger partial charge in [0.15, 0.2) is 0 Å². The van der Waals surface area contributed by atoms with Crippen LogP contribution in [0.2, 0.25) is 5.02 Å². The molecule has 6 heteroatoms. The average Bonchev–Trinajstić information content (AvgIpc) is 2.96. The molecule has 0 radical (unpaired) electrons. The summed E-state index contributed by atoms with van der Waals surface area (Å²) < 4.78 is 5.71. The molecule has 0 atom stereocenters. The Morgan fingerprint density at radius 2 is 1.87 bits per heavy atom. The molecule has 1 aliphatic carbocycles. The van der Waals surface area contributed by atoms with Gasteiger partial charge in [-0.3, -0.25) is 5.41 Å². The summed E-state index contributed by atoms with van der Waals surface area (Å²) in [4.78, 5) is 13.2. The van der Waals surface area contributed by atoms with Gasteiger partial charge in [0, 0.05) is 10.7 Å². The molecule has 2 N–H and O–H groups in total. The maximum Gasteiger partial charge on any atom is 0.339 e. The number of hydrogen-bond donors (Lipinski definition) is 2. The van der Waals surface area contributed by atoms with E-state index >= 15 is 0 Å². The summed E-state index contributed by atoms with van der Waals surface area (Å²) in [5, 5.41) is 18.6. The van der Waals surface area contributed by atoms with Crippen molar-refractivity contribution in [1.29, 1.82) is 5.41 Å². The fraction of sp³-hybridized carbons (Fsp3) is 0.167. The van der Waals surface area contributed by atoms with E-state index in [0.29, 0.717) is 11.6 Å². The van der Waals surface area contributed by atoms with Gasteiger partial charge in [0.05, 0.1) is 6.54 Å². The van der Waals surface area contributed by atoms with Crippen LogP contribution < -0.4 is 4.74 Å². The van der Waals surface area contributed by atoms with Crippen molar-refractivity contribution in [3.8, 4) is 5.75 Å². The quantitative estimate of drug-likeness (QED) is 0.444. The highest BCUT2D eigenvalue weighted by Crippen LogP contribution is 2.23. The maximum atomic E-state index is 11.4. The molecule has 0 amide bonds. The molecule has 2 aromatic carbocycles. The number of carbonyl (C=O) groups is 1. The molecule has 0 fully saturated rings. The molecule has 154 valence electrons. The van der Waals surface area contributed by atoms with E-state index in [-0.39, 0.29) is 23.8 Å². The minimum atomic E-state index is -1.07. The number of carboxylic acid groups (broad SMARTS) is 1. The van der Waals surface area contributed by atoms with Crippen LogP contribution in [0.5, 0.6) is 5.75 Å². The summed E-state index contributed by atoms with van der Waals surface area (Å²) in [6.07, 6.45) is 8.88. The van der Waals surface area contributed by atoms with E-state index in [1.165, 1.54) is 6.07 Å². The summed E-state index contributed by atoms with van der Waals surface area (Å²) in [6.45, 7) is 2.35. The molecule has 0 bridgehead atoms. The van der Waals surface area contributed by atoms with Gasteiger partial charge in [0.25, 0.3) is 0 Å². The van der Waals surface area contributed by atoms with Crippen LogP contribution in [0.4, 0.5) is 0 Å². The number of allylic oxidation sites excluding steroid dienone is 5.